The molecule has 0 unspecified atom stereocenters. The fourth-order valence-electron chi connectivity index (χ4n) is 3.47. The Morgan fingerprint density at radius 1 is 1.06 bits per heavy atom. The molecule has 0 amide bonds. The van der Waals surface area contributed by atoms with E-state index >= 15 is 0 Å². The number of ether oxygens (including phenoxy) is 1. The molecule has 0 radical (unpaired) electrons. The molecule has 0 spiro atoms. The molecule has 0 saturated carbocycles. The highest BCUT2D eigenvalue weighted by atomic mass is 32.2. The van der Waals surface area contributed by atoms with Gasteiger partial charge in [0.2, 0.25) is 5.82 Å². The summed E-state index contributed by atoms with van der Waals surface area (Å²) < 4.78 is 61.0. The monoisotopic (exact) mass is 443 g/mol. The number of methoxy groups -OCH3 is 1. The molecule has 2 aromatic carbocycles. The maximum absolute atomic E-state index is 14.5. The summed E-state index contributed by atoms with van der Waals surface area (Å²) in [6.45, 7) is 0.152. The first-order valence-electron chi connectivity index (χ1n) is 9.32. The lowest BCUT2D eigenvalue weighted by Gasteiger charge is -2.20. The first-order valence-corrected chi connectivity index (χ1v) is 10.8. The van der Waals surface area contributed by atoms with Crippen molar-refractivity contribution in [1.29, 1.82) is 0 Å². The fraction of sp³-hybridized carbons (Fsp3) is 0.136. The predicted molar refractivity (Wildman–Crippen MR) is 114 cm³/mol. The zero-order valence-electron chi connectivity index (χ0n) is 16.8. The number of fused-ring (bicyclic) bond motifs is 1. The van der Waals surface area contributed by atoms with Gasteiger partial charge in [-0.2, -0.15) is 4.39 Å². The van der Waals surface area contributed by atoms with E-state index in [1.54, 1.807) is 37.4 Å². The SMILES string of the molecule is COc1ccc(N(C)Cc2cn(S(=O)(=O)c3cccnc3)c3ccccc23)c(F)c1F. The first kappa shape index (κ1) is 20.8. The molecule has 160 valence electrons. The van der Waals surface area contributed by atoms with Gasteiger partial charge in [0.25, 0.3) is 10.0 Å². The highest BCUT2D eigenvalue weighted by Gasteiger charge is 2.23. The van der Waals surface area contributed by atoms with Crippen molar-refractivity contribution in [2.45, 2.75) is 11.4 Å². The smallest absolute Gasteiger partial charge is 0.269 e. The number of pyridine rings is 1. The van der Waals surface area contributed by atoms with Crippen LogP contribution in [0.25, 0.3) is 10.9 Å². The zero-order chi connectivity index (χ0) is 22.2. The molecule has 0 aliphatic heterocycles. The summed E-state index contributed by atoms with van der Waals surface area (Å²) >= 11 is 0. The second kappa shape index (κ2) is 7.99. The number of benzene rings is 2. The van der Waals surface area contributed by atoms with Crippen molar-refractivity contribution in [3.05, 3.63) is 84.3 Å². The van der Waals surface area contributed by atoms with E-state index in [9.17, 15) is 17.2 Å². The Labute approximate surface area is 178 Å². The first-order chi connectivity index (χ1) is 14.8. The third-order valence-electron chi connectivity index (χ3n) is 5.02. The number of hydrogen-bond donors (Lipinski definition) is 0. The molecule has 0 N–H and O–H groups in total. The van der Waals surface area contributed by atoms with E-state index in [1.165, 1.54) is 52.8 Å². The second-order valence-electron chi connectivity index (χ2n) is 6.93. The molecule has 31 heavy (non-hydrogen) atoms. The van der Waals surface area contributed by atoms with Gasteiger partial charge in [-0.05, 0) is 35.9 Å². The number of nitrogens with zero attached hydrogens (tertiary/aromatic N) is 3. The average Bonchev–Trinajstić information content (AvgIpc) is 3.15. The Bertz CT molecular complexity index is 1360. The molecule has 0 bridgehead atoms. The van der Waals surface area contributed by atoms with Gasteiger partial charge in [0.1, 0.15) is 4.90 Å². The van der Waals surface area contributed by atoms with Crippen LogP contribution in [0.4, 0.5) is 14.5 Å². The van der Waals surface area contributed by atoms with Gasteiger partial charge in [-0.15, -0.1) is 0 Å². The van der Waals surface area contributed by atoms with Crippen LogP contribution < -0.4 is 9.64 Å². The molecule has 0 fully saturated rings. The molecule has 9 heteroatoms. The Hall–Kier alpha value is -3.46. The minimum atomic E-state index is -3.88. The van der Waals surface area contributed by atoms with Crippen molar-refractivity contribution >= 4 is 26.6 Å². The topological polar surface area (TPSA) is 64.4 Å². The minimum Gasteiger partial charge on any atom is -0.494 e. The van der Waals surface area contributed by atoms with Crippen molar-refractivity contribution in [3.8, 4) is 5.75 Å². The third kappa shape index (κ3) is 3.61. The molecular formula is C22H19F2N3O3S. The van der Waals surface area contributed by atoms with Crippen LogP contribution in [0.1, 0.15) is 5.56 Å². The van der Waals surface area contributed by atoms with Crippen molar-refractivity contribution < 1.29 is 21.9 Å². The van der Waals surface area contributed by atoms with E-state index in [2.05, 4.69) is 4.98 Å². The molecule has 2 heterocycles. The van der Waals surface area contributed by atoms with Crippen LogP contribution in [-0.4, -0.2) is 31.5 Å². The van der Waals surface area contributed by atoms with Gasteiger partial charge in [-0.25, -0.2) is 16.8 Å². The van der Waals surface area contributed by atoms with Gasteiger partial charge in [0.05, 0.1) is 18.3 Å². The summed E-state index contributed by atoms with van der Waals surface area (Å²) in [5.74, 6) is -2.30. The summed E-state index contributed by atoms with van der Waals surface area (Å²) in [6, 6.07) is 12.8. The predicted octanol–water partition coefficient (Wildman–Crippen LogP) is 4.20. The number of hydrogen-bond acceptors (Lipinski definition) is 5. The van der Waals surface area contributed by atoms with Crippen LogP contribution in [0.2, 0.25) is 0 Å². The number of para-hydroxylation sites is 1. The molecule has 4 rings (SSSR count). The van der Waals surface area contributed by atoms with Gasteiger partial charge in [-0.3, -0.25) is 4.98 Å². The van der Waals surface area contributed by atoms with Crippen molar-refractivity contribution in [3.63, 3.8) is 0 Å². The molecular weight excluding hydrogens is 424 g/mol. The summed E-state index contributed by atoms with van der Waals surface area (Å²) in [5, 5.41) is 0.691. The molecule has 0 atom stereocenters. The Balaban J connectivity index is 1.78. The lowest BCUT2D eigenvalue weighted by molar-refractivity contribution is 0.372. The largest absolute Gasteiger partial charge is 0.494 e. The van der Waals surface area contributed by atoms with Gasteiger partial charge in [0.15, 0.2) is 11.6 Å². The van der Waals surface area contributed by atoms with Crippen LogP contribution >= 0.6 is 0 Å². The highest BCUT2D eigenvalue weighted by Crippen LogP contribution is 2.31. The lowest BCUT2D eigenvalue weighted by Crippen LogP contribution is -2.18. The van der Waals surface area contributed by atoms with E-state index in [1.807, 2.05) is 0 Å². The summed E-state index contributed by atoms with van der Waals surface area (Å²) in [6.07, 6.45) is 4.28. The fourth-order valence-corrected chi connectivity index (χ4v) is 4.83. The normalized spacial score (nSPS) is 11.6. The third-order valence-corrected chi connectivity index (χ3v) is 6.67. The standard InChI is InChI=1S/C22H19F2N3O3S/c1-26(19-9-10-20(30-2)22(24)21(19)23)13-15-14-27(18-8-4-3-7-17(15)18)31(28,29)16-6-5-11-25-12-16/h3-12,14H,13H2,1-2H3. The van der Waals surface area contributed by atoms with E-state index < -0.39 is 21.7 Å². The maximum atomic E-state index is 14.5. The molecule has 0 saturated heterocycles. The van der Waals surface area contributed by atoms with Gasteiger partial charge >= 0.3 is 0 Å². The molecule has 2 aromatic heterocycles. The van der Waals surface area contributed by atoms with Crippen LogP contribution in [0.15, 0.2) is 72.0 Å². The van der Waals surface area contributed by atoms with E-state index in [-0.39, 0.29) is 22.9 Å². The highest BCUT2D eigenvalue weighted by molar-refractivity contribution is 7.90. The van der Waals surface area contributed by atoms with Crippen molar-refractivity contribution in [2.75, 3.05) is 19.1 Å². The summed E-state index contributed by atoms with van der Waals surface area (Å²) in [7, 11) is -1.02. The van der Waals surface area contributed by atoms with Crippen molar-refractivity contribution in [1.82, 2.24) is 8.96 Å². The maximum Gasteiger partial charge on any atom is 0.269 e. The average molecular weight is 443 g/mol. The Kier molecular flexibility index (Phi) is 5.36. The zero-order valence-corrected chi connectivity index (χ0v) is 17.6. The summed E-state index contributed by atoms with van der Waals surface area (Å²) in [4.78, 5) is 5.46. The van der Waals surface area contributed by atoms with Gasteiger partial charge in [0, 0.05) is 37.6 Å². The number of anilines is 1. The summed E-state index contributed by atoms with van der Waals surface area (Å²) in [5.41, 5.74) is 1.16. The van der Waals surface area contributed by atoms with Crippen LogP contribution in [0, 0.1) is 11.6 Å². The number of halogens is 2. The number of aromatic nitrogens is 2. The Morgan fingerprint density at radius 2 is 1.84 bits per heavy atom. The van der Waals surface area contributed by atoms with Crippen LogP contribution in [-0.2, 0) is 16.6 Å². The van der Waals surface area contributed by atoms with Gasteiger partial charge < -0.3 is 9.64 Å². The molecule has 0 aliphatic carbocycles. The Morgan fingerprint density at radius 3 is 2.55 bits per heavy atom. The quantitative estimate of drug-likeness (QED) is 0.447. The van der Waals surface area contributed by atoms with Gasteiger partial charge in [-0.1, -0.05) is 18.2 Å². The molecule has 0 aliphatic rings. The van der Waals surface area contributed by atoms with E-state index in [0.717, 1.165) is 0 Å². The van der Waals surface area contributed by atoms with E-state index in [4.69, 9.17) is 4.74 Å². The van der Waals surface area contributed by atoms with Crippen LogP contribution in [0.5, 0.6) is 5.75 Å². The molecule has 4 aromatic rings. The minimum absolute atomic E-state index is 0.0326. The molecule has 6 nitrogen and oxygen atoms in total. The number of rotatable bonds is 6. The van der Waals surface area contributed by atoms with E-state index in [0.29, 0.717) is 16.5 Å². The van der Waals surface area contributed by atoms with Crippen molar-refractivity contribution in [2.24, 2.45) is 0 Å². The second-order valence-corrected chi connectivity index (χ2v) is 8.75. The van der Waals surface area contributed by atoms with Crippen LogP contribution in [0.3, 0.4) is 0 Å². The lowest BCUT2D eigenvalue weighted by atomic mass is 10.1.